The summed E-state index contributed by atoms with van der Waals surface area (Å²) < 4.78 is 10.2. The Labute approximate surface area is 130 Å². The molecule has 0 unspecified atom stereocenters. The molecule has 0 saturated heterocycles. The first-order valence-electron chi connectivity index (χ1n) is 6.68. The highest BCUT2D eigenvalue weighted by Crippen LogP contribution is 2.21. The van der Waals surface area contributed by atoms with Gasteiger partial charge in [-0.05, 0) is 23.6 Å². The Morgan fingerprint density at radius 3 is 2.86 bits per heavy atom. The van der Waals surface area contributed by atoms with E-state index in [4.69, 9.17) is 9.26 Å². The van der Waals surface area contributed by atoms with Crippen molar-refractivity contribution in [3.63, 3.8) is 0 Å². The molecule has 0 spiro atoms. The summed E-state index contributed by atoms with van der Waals surface area (Å²) in [6, 6.07) is 12.7. The van der Waals surface area contributed by atoms with Crippen LogP contribution in [0.2, 0.25) is 0 Å². The lowest BCUT2D eigenvalue weighted by Gasteiger charge is -2.04. The number of benzene rings is 1. The Hall–Kier alpha value is -2.67. The lowest BCUT2D eigenvalue weighted by atomic mass is 10.3. The van der Waals surface area contributed by atoms with Crippen LogP contribution in [-0.4, -0.2) is 22.8 Å². The van der Waals surface area contributed by atoms with Crippen molar-refractivity contribution in [3.8, 4) is 16.5 Å². The summed E-state index contributed by atoms with van der Waals surface area (Å²) in [6.07, 6.45) is -0.0633. The van der Waals surface area contributed by atoms with Crippen molar-refractivity contribution in [1.82, 2.24) is 15.5 Å². The number of carbonyl (C=O) groups excluding carboxylic acids is 1. The number of ether oxygens (including phenoxy) is 1. The van der Waals surface area contributed by atoms with E-state index >= 15 is 0 Å². The quantitative estimate of drug-likeness (QED) is 0.782. The molecule has 0 fully saturated rings. The Morgan fingerprint density at radius 2 is 2.09 bits per heavy atom. The number of thiophene rings is 1. The van der Waals surface area contributed by atoms with Crippen LogP contribution in [0.5, 0.6) is 5.75 Å². The fourth-order valence-corrected chi connectivity index (χ4v) is 2.41. The highest BCUT2D eigenvalue weighted by Gasteiger charge is 2.10. The van der Waals surface area contributed by atoms with E-state index < -0.39 is 6.09 Å². The van der Waals surface area contributed by atoms with Crippen molar-refractivity contribution >= 4 is 17.4 Å². The minimum Gasteiger partial charge on any atom is -0.410 e. The number of para-hydroxylation sites is 1. The van der Waals surface area contributed by atoms with Gasteiger partial charge in [0.1, 0.15) is 5.75 Å². The van der Waals surface area contributed by atoms with Crippen LogP contribution in [0.15, 0.2) is 52.4 Å². The number of nitrogens with zero attached hydrogens (tertiary/aromatic N) is 2. The molecule has 6 nitrogen and oxygen atoms in total. The smallest absolute Gasteiger partial charge is 0.410 e. The first-order chi connectivity index (χ1) is 10.8. The third-order valence-corrected chi connectivity index (χ3v) is 3.64. The summed E-state index contributed by atoms with van der Waals surface area (Å²) in [4.78, 5) is 16.8. The second-order valence-corrected chi connectivity index (χ2v) is 5.32. The standard InChI is InChI=1S/C15H13N3O3S/c19-15(20-11-5-2-1-3-6-11)16-9-8-13-17-14(18-21-13)12-7-4-10-22-12/h1-7,10H,8-9H2,(H,16,19). The minimum absolute atomic E-state index is 0.359. The maximum absolute atomic E-state index is 11.6. The zero-order chi connectivity index (χ0) is 15.2. The normalized spacial score (nSPS) is 10.4. The van der Waals surface area contributed by atoms with E-state index in [1.807, 2.05) is 23.6 Å². The van der Waals surface area contributed by atoms with Crippen molar-refractivity contribution in [2.24, 2.45) is 0 Å². The number of aromatic nitrogens is 2. The van der Waals surface area contributed by atoms with Crippen LogP contribution < -0.4 is 10.1 Å². The topological polar surface area (TPSA) is 77.3 Å². The van der Waals surface area contributed by atoms with Gasteiger partial charge in [-0.2, -0.15) is 4.98 Å². The molecule has 0 atom stereocenters. The van der Waals surface area contributed by atoms with Crippen molar-refractivity contribution in [3.05, 3.63) is 53.7 Å². The fraction of sp³-hybridized carbons (Fsp3) is 0.133. The van der Waals surface area contributed by atoms with Gasteiger partial charge >= 0.3 is 6.09 Å². The van der Waals surface area contributed by atoms with Crippen LogP contribution in [0, 0.1) is 0 Å². The van der Waals surface area contributed by atoms with E-state index in [9.17, 15) is 4.79 Å². The van der Waals surface area contributed by atoms with Gasteiger partial charge in [0, 0.05) is 13.0 Å². The molecule has 2 aromatic heterocycles. The maximum Gasteiger partial charge on any atom is 0.412 e. The van der Waals surface area contributed by atoms with Crippen molar-refractivity contribution < 1.29 is 14.1 Å². The Morgan fingerprint density at radius 1 is 1.23 bits per heavy atom. The van der Waals surface area contributed by atoms with E-state index in [0.717, 1.165) is 4.88 Å². The second-order valence-electron chi connectivity index (χ2n) is 4.37. The minimum atomic E-state index is -0.510. The van der Waals surface area contributed by atoms with Gasteiger partial charge in [0.25, 0.3) is 0 Å². The van der Waals surface area contributed by atoms with Crippen molar-refractivity contribution in [2.75, 3.05) is 6.54 Å². The molecule has 1 N–H and O–H groups in total. The Balaban J connectivity index is 1.46. The zero-order valence-electron chi connectivity index (χ0n) is 11.6. The van der Waals surface area contributed by atoms with Gasteiger partial charge in [0.2, 0.25) is 11.7 Å². The molecule has 3 aromatic rings. The number of hydrogen-bond acceptors (Lipinski definition) is 6. The van der Waals surface area contributed by atoms with E-state index in [-0.39, 0.29) is 0 Å². The van der Waals surface area contributed by atoms with Gasteiger partial charge in [0.05, 0.1) is 4.88 Å². The highest BCUT2D eigenvalue weighted by molar-refractivity contribution is 7.13. The molecule has 2 heterocycles. The molecule has 112 valence electrons. The highest BCUT2D eigenvalue weighted by atomic mass is 32.1. The summed E-state index contributed by atoms with van der Waals surface area (Å²) in [5.41, 5.74) is 0. The van der Waals surface area contributed by atoms with Gasteiger partial charge in [-0.3, -0.25) is 0 Å². The SMILES string of the molecule is O=C(NCCc1nc(-c2cccs2)no1)Oc1ccccc1. The lowest BCUT2D eigenvalue weighted by Crippen LogP contribution is -2.28. The van der Waals surface area contributed by atoms with E-state index in [0.29, 0.717) is 30.4 Å². The predicted molar refractivity (Wildman–Crippen MR) is 81.8 cm³/mol. The molecular weight excluding hydrogens is 302 g/mol. The van der Waals surface area contributed by atoms with Crippen molar-refractivity contribution in [2.45, 2.75) is 6.42 Å². The average molecular weight is 315 g/mol. The molecule has 1 amide bonds. The number of carbonyl (C=O) groups is 1. The second kappa shape index (κ2) is 6.86. The first kappa shape index (κ1) is 14.3. The molecule has 22 heavy (non-hydrogen) atoms. The average Bonchev–Trinajstić information content (AvgIpc) is 3.19. The first-order valence-corrected chi connectivity index (χ1v) is 7.56. The van der Waals surface area contributed by atoms with Gasteiger partial charge < -0.3 is 14.6 Å². The monoisotopic (exact) mass is 315 g/mol. The number of amides is 1. The molecule has 0 bridgehead atoms. The van der Waals surface area contributed by atoms with Gasteiger partial charge in [0.15, 0.2) is 0 Å². The summed E-state index contributed by atoms with van der Waals surface area (Å²) in [5.74, 6) is 1.54. The van der Waals surface area contributed by atoms with Crippen molar-refractivity contribution in [1.29, 1.82) is 0 Å². The van der Waals surface area contributed by atoms with Crippen LogP contribution in [-0.2, 0) is 6.42 Å². The number of hydrogen-bond donors (Lipinski definition) is 1. The van der Waals surface area contributed by atoms with Gasteiger partial charge in [-0.1, -0.05) is 29.4 Å². The Kier molecular flexibility index (Phi) is 4.45. The van der Waals surface area contributed by atoms with Gasteiger partial charge in [-0.15, -0.1) is 11.3 Å². The summed E-state index contributed by atoms with van der Waals surface area (Å²) in [5, 5.41) is 8.49. The number of nitrogens with one attached hydrogen (secondary N) is 1. The third kappa shape index (κ3) is 3.70. The van der Waals surface area contributed by atoms with Gasteiger partial charge in [-0.25, -0.2) is 4.79 Å². The van der Waals surface area contributed by atoms with E-state index in [2.05, 4.69) is 15.5 Å². The maximum atomic E-state index is 11.6. The molecule has 1 aromatic carbocycles. The summed E-state index contributed by atoms with van der Waals surface area (Å²) >= 11 is 1.54. The Bertz CT molecular complexity index is 726. The molecule has 7 heteroatoms. The molecule has 0 aliphatic carbocycles. The zero-order valence-corrected chi connectivity index (χ0v) is 12.4. The van der Waals surface area contributed by atoms with Crippen LogP contribution in [0.1, 0.15) is 5.89 Å². The molecule has 0 saturated carbocycles. The largest absolute Gasteiger partial charge is 0.412 e. The summed E-state index contributed by atoms with van der Waals surface area (Å²) in [6.45, 7) is 0.359. The molecule has 3 rings (SSSR count). The van der Waals surface area contributed by atoms with E-state index in [1.54, 1.807) is 35.6 Å². The van der Waals surface area contributed by atoms with Crippen LogP contribution in [0.25, 0.3) is 10.7 Å². The van der Waals surface area contributed by atoms with Crippen LogP contribution in [0.4, 0.5) is 4.79 Å². The summed E-state index contributed by atoms with van der Waals surface area (Å²) in [7, 11) is 0. The molecule has 0 aliphatic rings. The molecular formula is C15H13N3O3S. The van der Waals surface area contributed by atoms with E-state index in [1.165, 1.54) is 0 Å². The van der Waals surface area contributed by atoms with Crippen LogP contribution in [0.3, 0.4) is 0 Å². The molecule has 0 radical (unpaired) electrons. The predicted octanol–water partition coefficient (Wildman–Crippen LogP) is 3.13. The lowest BCUT2D eigenvalue weighted by molar-refractivity contribution is 0.200. The third-order valence-electron chi connectivity index (χ3n) is 2.77. The van der Waals surface area contributed by atoms with Crippen LogP contribution >= 0.6 is 11.3 Å². The fourth-order valence-electron chi connectivity index (χ4n) is 1.77. The number of rotatable bonds is 5. The molecule has 0 aliphatic heterocycles.